The molecule has 0 bridgehead atoms. The largest absolute Gasteiger partial charge is 0.489 e. The Morgan fingerprint density at radius 3 is 2.50 bits per heavy atom. The lowest BCUT2D eigenvalue weighted by Gasteiger charge is -2.35. The van der Waals surface area contributed by atoms with Crippen LogP contribution in [-0.2, 0) is 24.2 Å². The number of fused-ring (bicyclic) bond motifs is 2. The number of pyridine rings is 1. The summed E-state index contributed by atoms with van der Waals surface area (Å²) in [5, 5.41) is 18.8. The molecule has 0 aliphatic heterocycles. The molecule has 2 N–H and O–H groups in total. The maximum Gasteiger partial charge on any atom is 0.354 e. The summed E-state index contributed by atoms with van der Waals surface area (Å²) in [6.45, 7) is 1.40. The number of oxazole rings is 1. The summed E-state index contributed by atoms with van der Waals surface area (Å²) in [6.07, 6.45) is 3.12. The highest BCUT2D eigenvalue weighted by Crippen LogP contribution is 2.34. The zero-order valence-electron chi connectivity index (χ0n) is 24.2. The molecule has 9 heteroatoms. The molecule has 6 rings (SSSR count). The molecule has 1 aliphatic carbocycles. The van der Waals surface area contributed by atoms with Crippen LogP contribution in [0, 0.1) is 0 Å². The predicted octanol–water partition coefficient (Wildman–Crippen LogP) is 6.56. The van der Waals surface area contributed by atoms with E-state index in [2.05, 4.69) is 14.9 Å². The molecule has 1 unspecified atom stereocenters. The van der Waals surface area contributed by atoms with Gasteiger partial charge in [0.05, 0.1) is 6.42 Å². The van der Waals surface area contributed by atoms with Crippen molar-refractivity contribution in [3.05, 3.63) is 113 Å². The highest BCUT2D eigenvalue weighted by molar-refractivity contribution is 5.85. The van der Waals surface area contributed by atoms with Crippen LogP contribution in [-0.4, -0.2) is 50.1 Å². The number of rotatable bonds is 12. The van der Waals surface area contributed by atoms with Gasteiger partial charge in [0.1, 0.15) is 23.6 Å². The van der Waals surface area contributed by atoms with E-state index in [1.54, 1.807) is 0 Å². The van der Waals surface area contributed by atoms with Crippen molar-refractivity contribution in [1.82, 2.24) is 14.9 Å². The lowest BCUT2D eigenvalue weighted by molar-refractivity contribution is -0.137. The van der Waals surface area contributed by atoms with Crippen LogP contribution in [0.1, 0.15) is 58.2 Å². The van der Waals surface area contributed by atoms with Crippen molar-refractivity contribution >= 4 is 23.0 Å². The highest BCUT2D eigenvalue weighted by atomic mass is 16.5. The monoisotopic (exact) mass is 591 g/mol. The lowest BCUT2D eigenvalue weighted by atomic mass is 9.89. The molecule has 3 aromatic carbocycles. The Kier molecular flexibility index (Phi) is 8.65. The molecule has 1 atom stereocenters. The number of hydrogen-bond acceptors (Lipinski definition) is 7. The van der Waals surface area contributed by atoms with Gasteiger partial charge in [0, 0.05) is 30.4 Å². The summed E-state index contributed by atoms with van der Waals surface area (Å²) in [4.78, 5) is 34.1. The topological polar surface area (TPSA) is 126 Å². The van der Waals surface area contributed by atoms with Crippen molar-refractivity contribution < 1.29 is 29.0 Å². The minimum absolute atomic E-state index is 0.0180. The molecule has 0 amide bonds. The number of carboxylic acids is 2. The number of aliphatic carboxylic acids is 1. The number of carbonyl (C=O) groups is 2. The molecule has 44 heavy (non-hydrogen) atoms. The van der Waals surface area contributed by atoms with E-state index in [0.29, 0.717) is 38.4 Å². The van der Waals surface area contributed by atoms with E-state index in [-0.39, 0.29) is 18.2 Å². The molecule has 2 aromatic heterocycles. The molecule has 0 fully saturated rings. The highest BCUT2D eigenvalue weighted by Gasteiger charge is 2.28. The molecule has 1 aliphatic rings. The zero-order chi connectivity index (χ0) is 30.5. The van der Waals surface area contributed by atoms with E-state index in [1.807, 2.05) is 78.9 Å². The molecule has 0 spiro atoms. The molecule has 0 radical (unpaired) electrons. The Bertz CT molecular complexity index is 1750. The summed E-state index contributed by atoms with van der Waals surface area (Å²) in [6, 6.07) is 26.9. The second kappa shape index (κ2) is 13.1. The second-order valence-corrected chi connectivity index (χ2v) is 11.0. The summed E-state index contributed by atoms with van der Waals surface area (Å²) in [7, 11) is 0. The number of nitrogens with zero attached hydrogens (tertiary/aromatic N) is 3. The summed E-state index contributed by atoms with van der Waals surface area (Å²) >= 11 is 0. The van der Waals surface area contributed by atoms with Gasteiger partial charge < -0.3 is 19.4 Å². The fourth-order valence-electron chi connectivity index (χ4n) is 5.81. The number of para-hydroxylation sites is 3. The van der Waals surface area contributed by atoms with Crippen LogP contribution in [0.5, 0.6) is 5.75 Å². The van der Waals surface area contributed by atoms with Crippen molar-refractivity contribution in [2.75, 3.05) is 13.1 Å². The SMILES string of the molecule is O=C(O)CCN(CCc1ccccc1OCc1ccc(-c2nc3ccccc3o2)cc1)C1CCCc2nc(C(=O)O)ccc21. The summed E-state index contributed by atoms with van der Waals surface area (Å²) < 4.78 is 12.2. The third-order valence-corrected chi connectivity index (χ3v) is 8.06. The van der Waals surface area contributed by atoms with Gasteiger partial charge in [0.25, 0.3) is 0 Å². The predicted molar refractivity (Wildman–Crippen MR) is 165 cm³/mol. The van der Waals surface area contributed by atoms with E-state index < -0.39 is 11.9 Å². The van der Waals surface area contributed by atoms with Crippen molar-refractivity contribution in [2.45, 2.75) is 44.8 Å². The van der Waals surface area contributed by atoms with Crippen LogP contribution in [0.2, 0.25) is 0 Å². The van der Waals surface area contributed by atoms with Crippen LogP contribution in [0.15, 0.2) is 89.3 Å². The smallest absolute Gasteiger partial charge is 0.354 e. The quantitative estimate of drug-likeness (QED) is 0.166. The number of benzene rings is 3. The first-order valence-corrected chi connectivity index (χ1v) is 14.8. The normalized spacial score (nSPS) is 14.4. The minimum atomic E-state index is -1.05. The molecule has 2 heterocycles. The van der Waals surface area contributed by atoms with E-state index >= 15 is 0 Å². The average molecular weight is 592 g/mol. The fourth-order valence-corrected chi connectivity index (χ4v) is 5.81. The van der Waals surface area contributed by atoms with Crippen LogP contribution in [0.3, 0.4) is 0 Å². The van der Waals surface area contributed by atoms with Gasteiger partial charge in [-0.3, -0.25) is 9.69 Å². The van der Waals surface area contributed by atoms with Crippen LogP contribution >= 0.6 is 0 Å². The Balaban J connectivity index is 1.13. The second-order valence-electron chi connectivity index (χ2n) is 11.0. The van der Waals surface area contributed by atoms with Gasteiger partial charge in [-0.05, 0) is 78.8 Å². The zero-order valence-corrected chi connectivity index (χ0v) is 24.2. The number of hydrogen-bond donors (Lipinski definition) is 2. The first-order chi connectivity index (χ1) is 21.4. The molecule has 9 nitrogen and oxygen atoms in total. The van der Waals surface area contributed by atoms with Gasteiger partial charge in [-0.2, -0.15) is 0 Å². The summed E-state index contributed by atoms with van der Waals surface area (Å²) in [5.74, 6) is -0.537. The van der Waals surface area contributed by atoms with Gasteiger partial charge in [-0.25, -0.2) is 14.8 Å². The molecule has 5 aromatic rings. The standard InChI is InChI=1S/C35H33N3O6/c39-33(40)19-21-38(30-9-5-8-27-26(30)16-17-29(36-27)35(41)42)20-18-24-6-1-3-10-31(24)43-22-23-12-14-25(15-13-23)34-37-28-7-2-4-11-32(28)44-34/h1-4,6-7,10-17,30H,5,8-9,18-22H2,(H,39,40)(H,41,42). The van der Waals surface area contributed by atoms with Gasteiger partial charge in [-0.15, -0.1) is 0 Å². The van der Waals surface area contributed by atoms with E-state index in [4.69, 9.17) is 9.15 Å². The number of aromatic carboxylic acids is 1. The van der Waals surface area contributed by atoms with E-state index in [9.17, 15) is 19.8 Å². The third-order valence-electron chi connectivity index (χ3n) is 8.06. The summed E-state index contributed by atoms with van der Waals surface area (Å²) in [5.41, 5.74) is 6.32. The number of carboxylic acid groups (broad SMARTS) is 2. The Morgan fingerprint density at radius 2 is 1.70 bits per heavy atom. The third kappa shape index (κ3) is 6.63. The first-order valence-electron chi connectivity index (χ1n) is 14.8. The maximum atomic E-state index is 11.5. The first kappa shape index (κ1) is 29.1. The van der Waals surface area contributed by atoms with Crippen molar-refractivity contribution in [3.63, 3.8) is 0 Å². The Labute approximate surface area is 254 Å². The van der Waals surface area contributed by atoms with Gasteiger partial charge >= 0.3 is 11.9 Å². The van der Waals surface area contributed by atoms with Gasteiger partial charge in [-0.1, -0.05) is 48.5 Å². The van der Waals surface area contributed by atoms with E-state index in [1.165, 1.54) is 6.07 Å². The molecule has 0 saturated carbocycles. The number of ether oxygens (including phenoxy) is 1. The fraction of sp³-hybridized carbons (Fsp3) is 0.257. The van der Waals surface area contributed by atoms with Crippen LogP contribution in [0.4, 0.5) is 0 Å². The molecular weight excluding hydrogens is 558 g/mol. The molecule has 224 valence electrons. The van der Waals surface area contributed by atoms with Gasteiger partial charge in [0.2, 0.25) is 5.89 Å². The molecular formula is C35H33N3O6. The van der Waals surface area contributed by atoms with Crippen molar-refractivity contribution in [1.29, 1.82) is 0 Å². The minimum Gasteiger partial charge on any atom is -0.489 e. The Morgan fingerprint density at radius 1 is 0.909 bits per heavy atom. The number of aromatic nitrogens is 2. The van der Waals surface area contributed by atoms with E-state index in [0.717, 1.165) is 57.6 Å². The van der Waals surface area contributed by atoms with Crippen LogP contribution < -0.4 is 4.74 Å². The maximum absolute atomic E-state index is 11.5. The average Bonchev–Trinajstić information content (AvgIpc) is 3.48. The van der Waals surface area contributed by atoms with Crippen molar-refractivity contribution in [3.8, 4) is 17.2 Å². The number of aryl methyl sites for hydroxylation is 1. The lowest BCUT2D eigenvalue weighted by Crippen LogP contribution is -2.35. The molecule has 0 saturated heterocycles. The van der Waals surface area contributed by atoms with Crippen molar-refractivity contribution in [2.24, 2.45) is 0 Å². The van der Waals surface area contributed by atoms with Crippen LogP contribution in [0.25, 0.3) is 22.6 Å². The Hall–Kier alpha value is -5.02. The van der Waals surface area contributed by atoms with Gasteiger partial charge in [0.15, 0.2) is 5.58 Å².